The van der Waals surface area contributed by atoms with Crippen LogP contribution in [-0.4, -0.2) is 11.4 Å². The molecule has 300 valence electrons. The average Bonchev–Trinajstić information content (AvgIpc) is 3.83. The predicted octanol–water partition coefficient (Wildman–Crippen LogP) is 14.6. The fourth-order valence-electron chi connectivity index (χ4n) is 11.4. The zero-order chi connectivity index (χ0) is 42.3. The lowest BCUT2D eigenvalue weighted by Gasteiger charge is -2.44. The molecule has 0 spiro atoms. The van der Waals surface area contributed by atoms with Gasteiger partial charge in [-0.25, -0.2) is 0 Å². The van der Waals surface area contributed by atoms with Crippen LogP contribution in [0.4, 0.5) is 11.4 Å². The van der Waals surface area contributed by atoms with E-state index >= 15 is 0 Å². The summed E-state index contributed by atoms with van der Waals surface area (Å²) in [6.07, 6.45) is 0. The van der Waals surface area contributed by atoms with Gasteiger partial charge in [-0.3, -0.25) is 0 Å². The average molecular weight is 809 g/mol. The van der Waals surface area contributed by atoms with Gasteiger partial charge in [0.25, 0.3) is 0 Å². The van der Waals surface area contributed by atoms with Gasteiger partial charge in [-0.2, -0.15) is 0 Å². The predicted molar refractivity (Wildman–Crippen MR) is 266 cm³/mol. The monoisotopic (exact) mass is 808 g/mol. The normalized spacial score (nSPS) is 15.2. The Bertz CT molecular complexity index is 3390. The van der Waals surface area contributed by atoms with Gasteiger partial charge in [0.05, 0.1) is 11.0 Å². The lowest BCUT2D eigenvalue weighted by atomic mass is 9.43. The highest BCUT2D eigenvalue weighted by Gasteiger charge is 2.50. The Morgan fingerprint density at radius 3 is 1.93 bits per heavy atom. The molecule has 2 nitrogen and oxygen atoms in total. The molecule has 3 aliphatic rings. The zero-order valence-electron chi connectivity index (χ0n) is 37.4. The first-order valence-corrected chi connectivity index (χ1v) is 23.0. The number of benzene rings is 7. The Balaban J connectivity index is 1.34. The van der Waals surface area contributed by atoms with Crippen molar-refractivity contribution in [2.24, 2.45) is 0 Å². The maximum atomic E-state index is 2.72. The van der Waals surface area contributed by atoms with Crippen molar-refractivity contribution in [3.8, 4) is 27.9 Å². The highest BCUT2D eigenvalue weighted by Crippen LogP contribution is 2.59. The Kier molecular flexibility index (Phi) is 7.24. The SMILES string of the molecule is CC(C)(C)c1ccc(N2B3c4cc5c(cc4-n4c6ccc(C(C)(C)C)cc6c6c7c(c(c3c64)-c3cc(C(C)(C)C)ccc32)C(C)(C)c2ccccc2-7)sc2ccccc25)cc1. The summed E-state index contributed by atoms with van der Waals surface area (Å²) in [6.45, 7) is 26.0. The van der Waals surface area contributed by atoms with Gasteiger partial charge in [0.2, 0.25) is 0 Å². The molecule has 4 heteroatoms. The molecule has 0 amide bonds. The number of hydrogen-bond donors (Lipinski definition) is 0. The molecule has 0 atom stereocenters. The molecule has 61 heavy (non-hydrogen) atoms. The minimum Gasteiger partial charge on any atom is -0.376 e. The van der Waals surface area contributed by atoms with Crippen LogP contribution >= 0.6 is 11.3 Å². The number of nitrogens with zero attached hydrogens (tertiary/aromatic N) is 2. The largest absolute Gasteiger partial charge is 0.376 e. The van der Waals surface area contributed by atoms with Crippen LogP contribution in [0.2, 0.25) is 0 Å². The summed E-state index contributed by atoms with van der Waals surface area (Å²) in [5.74, 6) is 0. The first kappa shape index (κ1) is 37.2. The van der Waals surface area contributed by atoms with E-state index in [1.165, 1.54) is 120 Å². The summed E-state index contributed by atoms with van der Waals surface area (Å²) in [7, 11) is 0. The van der Waals surface area contributed by atoms with Crippen molar-refractivity contribution >= 4 is 82.5 Å². The summed E-state index contributed by atoms with van der Waals surface area (Å²) >= 11 is 1.92. The summed E-state index contributed by atoms with van der Waals surface area (Å²) in [4.78, 5) is 2.72. The summed E-state index contributed by atoms with van der Waals surface area (Å²) < 4.78 is 5.37. The molecule has 1 aliphatic carbocycles. The molecule has 2 aromatic heterocycles. The van der Waals surface area contributed by atoms with Gasteiger partial charge >= 0.3 is 6.85 Å². The van der Waals surface area contributed by atoms with Crippen LogP contribution in [0, 0.1) is 0 Å². The number of anilines is 2. The zero-order valence-corrected chi connectivity index (χ0v) is 38.2. The topological polar surface area (TPSA) is 8.17 Å². The van der Waals surface area contributed by atoms with E-state index in [-0.39, 0.29) is 28.5 Å². The molecule has 9 aromatic rings. The first-order valence-electron chi connectivity index (χ1n) is 22.2. The Hall–Kier alpha value is -5.58. The van der Waals surface area contributed by atoms with Crippen molar-refractivity contribution in [2.45, 2.75) is 97.8 Å². The van der Waals surface area contributed by atoms with Crippen LogP contribution in [0.15, 0.2) is 121 Å². The van der Waals surface area contributed by atoms with Gasteiger partial charge in [0.15, 0.2) is 0 Å². The van der Waals surface area contributed by atoms with Crippen LogP contribution in [0.5, 0.6) is 0 Å². The molecule has 0 fully saturated rings. The fraction of sp³-hybridized carbons (Fsp3) is 0.263. The number of rotatable bonds is 1. The lowest BCUT2D eigenvalue weighted by Crippen LogP contribution is -2.61. The van der Waals surface area contributed by atoms with Crippen LogP contribution in [0.25, 0.3) is 69.9 Å². The van der Waals surface area contributed by atoms with E-state index in [1.54, 1.807) is 0 Å². The van der Waals surface area contributed by atoms with Gasteiger partial charge < -0.3 is 9.38 Å². The Morgan fingerprint density at radius 1 is 0.541 bits per heavy atom. The highest BCUT2D eigenvalue weighted by molar-refractivity contribution is 7.25. The molecule has 0 radical (unpaired) electrons. The minimum absolute atomic E-state index is 0.000648. The molecule has 7 aromatic carbocycles. The Morgan fingerprint density at radius 2 is 1.20 bits per heavy atom. The third-order valence-electron chi connectivity index (χ3n) is 14.6. The van der Waals surface area contributed by atoms with Crippen molar-refractivity contribution in [3.05, 3.63) is 149 Å². The molecule has 0 N–H and O–H groups in total. The Labute approximate surface area is 365 Å². The molecule has 0 saturated heterocycles. The molecule has 2 aliphatic heterocycles. The second-order valence-electron chi connectivity index (χ2n) is 21.8. The second-order valence-corrected chi connectivity index (χ2v) is 22.9. The van der Waals surface area contributed by atoms with E-state index in [0.717, 1.165) is 0 Å². The highest BCUT2D eigenvalue weighted by atomic mass is 32.1. The second kappa shape index (κ2) is 11.9. The number of aromatic nitrogens is 1. The van der Waals surface area contributed by atoms with Crippen LogP contribution in [-0.2, 0) is 21.7 Å². The van der Waals surface area contributed by atoms with Crippen molar-refractivity contribution in [1.82, 2.24) is 4.57 Å². The van der Waals surface area contributed by atoms with E-state index in [0.29, 0.717) is 0 Å². The maximum absolute atomic E-state index is 2.72. The summed E-state index contributed by atoms with van der Waals surface area (Å²) in [5, 5.41) is 5.44. The summed E-state index contributed by atoms with van der Waals surface area (Å²) in [5.41, 5.74) is 21.6. The van der Waals surface area contributed by atoms with E-state index in [2.05, 4.69) is 207 Å². The van der Waals surface area contributed by atoms with Crippen molar-refractivity contribution in [2.75, 3.05) is 4.81 Å². The minimum atomic E-state index is -0.230. The van der Waals surface area contributed by atoms with E-state index in [4.69, 9.17) is 0 Å². The van der Waals surface area contributed by atoms with Gasteiger partial charge in [-0.15, -0.1) is 11.3 Å². The van der Waals surface area contributed by atoms with Crippen molar-refractivity contribution < 1.29 is 0 Å². The van der Waals surface area contributed by atoms with Crippen molar-refractivity contribution in [3.63, 3.8) is 0 Å². The van der Waals surface area contributed by atoms with E-state index < -0.39 is 0 Å². The fourth-order valence-corrected chi connectivity index (χ4v) is 12.5. The molecular weight excluding hydrogens is 756 g/mol. The molecule has 0 bridgehead atoms. The molecule has 0 unspecified atom stereocenters. The van der Waals surface area contributed by atoms with Crippen LogP contribution < -0.4 is 15.7 Å². The maximum Gasteiger partial charge on any atom is 0.333 e. The molecular formula is C57H53BN2S. The van der Waals surface area contributed by atoms with Gasteiger partial charge in [0.1, 0.15) is 0 Å². The molecule has 12 rings (SSSR count). The third-order valence-corrected chi connectivity index (χ3v) is 15.7. The smallest absolute Gasteiger partial charge is 0.333 e. The summed E-state index contributed by atoms with van der Waals surface area (Å²) in [6, 6.07) is 47.8. The van der Waals surface area contributed by atoms with Crippen LogP contribution in [0.1, 0.15) is 104 Å². The molecule has 0 saturated carbocycles. The van der Waals surface area contributed by atoms with E-state index in [9.17, 15) is 0 Å². The third kappa shape index (κ3) is 4.92. The first-order chi connectivity index (χ1) is 28.9. The van der Waals surface area contributed by atoms with Crippen molar-refractivity contribution in [1.29, 1.82) is 0 Å². The van der Waals surface area contributed by atoms with Gasteiger partial charge in [-0.1, -0.05) is 149 Å². The van der Waals surface area contributed by atoms with E-state index in [1.807, 2.05) is 11.3 Å². The number of hydrogen-bond acceptors (Lipinski definition) is 2. The standard InChI is InChI=1S/C57H53BN2S/c1-54(2,3)32-20-24-35(25-21-32)60-44-27-23-34(56(7,8)9)29-40(44)50-51-48(37-17-12-14-18-41(37)57(51,10)11)49-39-28-33(55(4,5)6)22-26-43(39)59-45-31-47-38(36-16-13-15-19-46(36)61-47)30-42(45)58(60)52(50)53(49)59/h12-31H,1-11H3. The number of thiophene rings is 1. The lowest BCUT2D eigenvalue weighted by molar-refractivity contribution is 0.590. The molecule has 4 heterocycles. The van der Waals surface area contributed by atoms with Crippen LogP contribution in [0.3, 0.4) is 0 Å². The number of fused-ring (bicyclic) bond motifs is 16. The van der Waals surface area contributed by atoms with Gasteiger partial charge in [0, 0.05) is 59.0 Å². The quantitative estimate of drug-likeness (QED) is 0.150. The van der Waals surface area contributed by atoms with Gasteiger partial charge in [-0.05, 0) is 120 Å².